The molecule has 136 valence electrons. The van der Waals surface area contributed by atoms with E-state index in [1.807, 2.05) is 31.2 Å². The second-order valence-electron chi connectivity index (χ2n) is 5.41. The van der Waals surface area contributed by atoms with E-state index >= 15 is 0 Å². The van der Waals surface area contributed by atoms with Crippen LogP contribution in [0.4, 0.5) is 5.69 Å². The van der Waals surface area contributed by atoms with Gasteiger partial charge in [0.1, 0.15) is 5.75 Å². The summed E-state index contributed by atoms with van der Waals surface area (Å²) in [6.07, 6.45) is 1.96. The van der Waals surface area contributed by atoms with Crippen LogP contribution in [0.5, 0.6) is 5.75 Å². The van der Waals surface area contributed by atoms with Gasteiger partial charge < -0.3 is 14.8 Å². The number of halogens is 1. The van der Waals surface area contributed by atoms with Crippen LogP contribution in [0.2, 0.25) is 5.02 Å². The predicted octanol–water partition coefficient (Wildman–Crippen LogP) is 4.32. The molecule has 2 rings (SSSR count). The molecular formula is C20H20ClNO4. The van der Waals surface area contributed by atoms with Crippen molar-refractivity contribution in [2.24, 2.45) is 0 Å². The topological polar surface area (TPSA) is 64.6 Å². The average molecular weight is 374 g/mol. The van der Waals surface area contributed by atoms with Gasteiger partial charge in [0.25, 0.3) is 5.91 Å². The maximum atomic E-state index is 12.0. The lowest BCUT2D eigenvalue weighted by molar-refractivity contribution is -0.148. The van der Waals surface area contributed by atoms with Gasteiger partial charge in [-0.1, -0.05) is 23.7 Å². The fourth-order valence-electron chi connectivity index (χ4n) is 2.05. The largest absolute Gasteiger partial charge is 0.494 e. The van der Waals surface area contributed by atoms with Crippen molar-refractivity contribution in [3.8, 4) is 5.75 Å². The second kappa shape index (κ2) is 9.63. The molecule has 0 saturated carbocycles. The van der Waals surface area contributed by atoms with E-state index in [-0.39, 0.29) is 0 Å². The van der Waals surface area contributed by atoms with Gasteiger partial charge in [-0.05, 0) is 61.9 Å². The van der Waals surface area contributed by atoms with Gasteiger partial charge in [-0.15, -0.1) is 0 Å². The lowest BCUT2D eigenvalue weighted by atomic mass is 10.2. The molecule has 0 radical (unpaired) electrons. The Kier molecular flexibility index (Phi) is 7.24. The Morgan fingerprint density at radius 1 is 1.12 bits per heavy atom. The van der Waals surface area contributed by atoms with Gasteiger partial charge in [-0.25, -0.2) is 4.79 Å². The summed E-state index contributed by atoms with van der Waals surface area (Å²) in [6, 6.07) is 13.9. The van der Waals surface area contributed by atoms with E-state index < -0.39 is 18.0 Å². The third kappa shape index (κ3) is 6.26. The first-order chi connectivity index (χ1) is 12.5. The van der Waals surface area contributed by atoms with E-state index in [9.17, 15) is 9.59 Å². The summed E-state index contributed by atoms with van der Waals surface area (Å²) >= 11 is 5.79. The van der Waals surface area contributed by atoms with Gasteiger partial charge in [0.15, 0.2) is 6.10 Å². The molecule has 0 aliphatic carbocycles. The zero-order valence-corrected chi connectivity index (χ0v) is 15.3. The van der Waals surface area contributed by atoms with Gasteiger partial charge in [-0.3, -0.25) is 4.79 Å². The van der Waals surface area contributed by atoms with Crippen LogP contribution in [0, 0.1) is 0 Å². The number of amides is 1. The van der Waals surface area contributed by atoms with Gasteiger partial charge in [-0.2, -0.15) is 0 Å². The Balaban J connectivity index is 1.85. The summed E-state index contributed by atoms with van der Waals surface area (Å²) in [4.78, 5) is 23.9. The van der Waals surface area contributed by atoms with Crippen molar-refractivity contribution in [2.75, 3.05) is 11.9 Å². The summed E-state index contributed by atoms with van der Waals surface area (Å²) in [5.41, 5.74) is 1.40. The van der Waals surface area contributed by atoms with E-state index in [0.717, 1.165) is 11.3 Å². The standard InChI is InChI=1S/C20H20ClNO4/c1-3-25-18-11-4-15(5-12-18)6-13-19(23)26-14(2)20(24)22-17-9-7-16(21)8-10-17/h4-14H,3H2,1-2H3,(H,22,24)/b13-6+. The number of esters is 1. The number of nitrogens with one attached hydrogen (secondary N) is 1. The van der Waals surface area contributed by atoms with Crippen LogP contribution >= 0.6 is 11.6 Å². The minimum absolute atomic E-state index is 0.421. The van der Waals surface area contributed by atoms with Crippen LogP contribution in [0.25, 0.3) is 6.08 Å². The van der Waals surface area contributed by atoms with Gasteiger partial charge in [0, 0.05) is 16.8 Å². The van der Waals surface area contributed by atoms with Crippen molar-refractivity contribution in [1.82, 2.24) is 0 Å². The van der Waals surface area contributed by atoms with Crippen LogP contribution in [0.3, 0.4) is 0 Å². The fraction of sp³-hybridized carbons (Fsp3) is 0.200. The van der Waals surface area contributed by atoms with E-state index in [1.165, 1.54) is 13.0 Å². The minimum atomic E-state index is -0.928. The molecule has 1 atom stereocenters. The number of hydrogen-bond acceptors (Lipinski definition) is 4. The normalized spacial score (nSPS) is 11.8. The minimum Gasteiger partial charge on any atom is -0.494 e. The van der Waals surface area contributed by atoms with Crippen molar-refractivity contribution in [3.05, 3.63) is 65.2 Å². The Bertz CT molecular complexity index is 769. The quantitative estimate of drug-likeness (QED) is 0.579. The number of benzene rings is 2. The van der Waals surface area contributed by atoms with Crippen molar-refractivity contribution in [2.45, 2.75) is 20.0 Å². The Hall–Kier alpha value is -2.79. The van der Waals surface area contributed by atoms with Crippen LogP contribution in [0.15, 0.2) is 54.6 Å². The zero-order chi connectivity index (χ0) is 18.9. The molecule has 1 unspecified atom stereocenters. The second-order valence-corrected chi connectivity index (χ2v) is 5.85. The molecule has 0 aliphatic heterocycles. The van der Waals surface area contributed by atoms with Crippen molar-refractivity contribution in [1.29, 1.82) is 0 Å². The maximum absolute atomic E-state index is 12.0. The molecule has 0 fully saturated rings. The molecule has 0 spiro atoms. The molecule has 5 nitrogen and oxygen atoms in total. The first kappa shape index (κ1) is 19.5. The number of carbonyl (C=O) groups excluding carboxylic acids is 2. The Labute approximate surface area is 157 Å². The van der Waals surface area contributed by atoms with Crippen molar-refractivity contribution in [3.63, 3.8) is 0 Å². The highest BCUT2D eigenvalue weighted by Gasteiger charge is 2.16. The summed E-state index contributed by atoms with van der Waals surface area (Å²) in [5.74, 6) is -0.257. The van der Waals surface area contributed by atoms with Gasteiger partial charge in [0.05, 0.1) is 6.61 Å². The van der Waals surface area contributed by atoms with Gasteiger partial charge >= 0.3 is 5.97 Å². The first-order valence-corrected chi connectivity index (χ1v) is 8.53. The van der Waals surface area contributed by atoms with Crippen LogP contribution < -0.4 is 10.1 Å². The molecule has 0 saturated heterocycles. The van der Waals surface area contributed by atoms with Crippen molar-refractivity contribution >= 4 is 35.2 Å². The first-order valence-electron chi connectivity index (χ1n) is 8.16. The average Bonchev–Trinajstić information content (AvgIpc) is 2.63. The smallest absolute Gasteiger partial charge is 0.331 e. The zero-order valence-electron chi connectivity index (χ0n) is 14.6. The van der Waals surface area contributed by atoms with Crippen LogP contribution in [0.1, 0.15) is 19.4 Å². The molecule has 6 heteroatoms. The molecule has 2 aromatic rings. The third-order valence-corrected chi connectivity index (χ3v) is 3.63. The molecule has 0 aliphatic rings. The number of anilines is 1. The fourth-order valence-corrected chi connectivity index (χ4v) is 2.18. The van der Waals surface area contributed by atoms with Crippen LogP contribution in [-0.4, -0.2) is 24.6 Å². The number of carbonyl (C=O) groups is 2. The number of hydrogen-bond donors (Lipinski definition) is 1. The SMILES string of the molecule is CCOc1ccc(/C=C/C(=O)OC(C)C(=O)Nc2ccc(Cl)cc2)cc1. The molecule has 1 N–H and O–H groups in total. The summed E-state index contributed by atoms with van der Waals surface area (Å²) in [5, 5.41) is 3.22. The van der Waals surface area contributed by atoms with E-state index in [4.69, 9.17) is 21.1 Å². The lowest BCUT2D eigenvalue weighted by Gasteiger charge is -2.12. The molecule has 26 heavy (non-hydrogen) atoms. The summed E-state index contributed by atoms with van der Waals surface area (Å²) in [6.45, 7) is 4.01. The summed E-state index contributed by atoms with van der Waals surface area (Å²) < 4.78 is 10.5. The highest BCUT2D eigenvalue weighted by atomic mass is 35.5. The number of ether oxygens (including phenoxy) is 2. The van der Waals surface area contributed by atoms with Crippen LogP contribution in [-0.2, 0) is 14.3 Å². The predicted molar refractivity (Wildman–Crippen MR) is 102 cm³/mol. The lowest BCUT2D eigenvalue weighted by Crippen LogP contribution is -2.29. The molecule has 1 amide bonds. The van der Waals surface area contributed by atoms with Crippen molar-refractivity contribution < 1.29 is 19.1 Å². The van der Waals surface area contributed by atoms with Gasteiger partial charge in [0.2, 0.25) is 0 Å². The molecule has 0 bridgehead atoms. The summed E-state index contributed by atoms with van der Waals surface area (Å²) in [7, 11) is 0. The number of rotatable bonds is 7. The van der Waals surface area contributed by atoms with E-state index in [0.29, 0.717) is 17.3 Å². The highest BCUT2D eigenvalue weighted by Crippen LogP contribution is 2.15. The molecule has 2 aromatic carbocycles. The highest BCUT2D eigenvalue weighted by molar-refractivity contribution is 6.30. The monoisotopic (exact) mass is 373 g/mol. The third-order valence-electron chi connectivity index (χ3n) is 3.38. The Morgan fingerprint density at radius 3 is 2.38 bits per heavy atom. The van der Waals surface area contributed by atoms with E-state index in [2.05, 4.69) is 5.32 Å². The molecule has 0 heterocycles. The molecular weight excluding hydrogens is 354 g/mol. The maximum Gasteiger partial charge on any atom is 0.331 e. The molecule has 0 aromatic heterocycles. The Morgan fingerprint density at radius 2 is 1.77 bits per heavy atom. The van der Waals surface area contributed by atoms with E-state index in [1.54, 1.807) is 30.3 Å².